The first-order valence-corrected chi connectivity index (χ1v) is 4.72. The molecule has 1 aromatic carbocycles. The first-order valence-electron chi connectivity index (χ1n) is 4.72. The lowest BCUT2D eigenvalue weighted by atomic mass is 10.1. The summed E-state index contributed by atoms with van der Waals surface area (Å²) in [5, 5.41) is 9.32. The lowest BCUT2D eigenvalue weighted by Gasteiger charge is -2.02. The Labute approximate surface area is 92.4 Å². The van der Waals surface area contributed by atoms with E-state index in [1.807, 2.05) is 6.07 Å². The van der Waals surface area contributed by atoms with E-state index in [2.05, 4.69) is 4.98 Å². The van der Waals surface area contributed by atoms with E-state index in [0.717, 1.165) is 5.56 Å². The van der Waals surface area contributed by atoms with Crippen LogP contribution in [-0.4, -0.2) is 16.0 Å². The lowest BCUT2D eigenvalue weighted by Crippen LogP contribution is -2.10. The fourth-order valence-corrected chi connectivity index (χ4v) is 1.38. The van der Waals surface area contributed by atoms with Gasteiger partial charge in [-0.15, -0.1) is 0 Å². The minimum atomic E-state index is -0.505. The third-order valence-corrected chi connectivity index (χ3v) is 2.19. The Balaban J connectivity index is 2.38. The van der Waals surface area contributed by atoms with Gasteiger partial charge in [0.15, 0.2) is 0 Å². The van der Waals surface area contributed by atoms with Gasteiger partial charge in [0.1, 0.15) is 5.75 Å². The zero-order valence-corrected chi connectivity index (χ0v) is 8.42. The van der Waals surface area contributed by atoms with E-state index in [1.165, 1.54) is 6.20 Å². The van der Waals surface area contributed by atoms with Crippen molar-refractivity contribution in [1.82, 2.24) is 4.98 Å². The number of benzene rings is 1. The smallest absolute Gasteiger partial charge is 0.250 e. The van der Waals surface area contributed by atoms with E-state index >= 15 is 0 Å². The second-order valence-corrected chi connectivity index (χ2v) is 3.35. The molecule has 0 saturated heterocycles. The maximum absolute atomic E-state index is 10.8. The Morgan fingerprint density at radius 2 is 2.06 bits per heavy atom. The van der Waals surface area contributed by atoms with Crippen LogP contribution in [0.4, 0.5) is 0 Å². The van der Waals surface area contributed by atoms with E-state index in [-0.39, 0.29) is 5.75 Å². The van der Waals surface area contributed by atoms with Crippen LogP contribution in [0.5, 0.6) is 5.75 Å². The second kappa shape index (κ2) is 4.02. The van der Waals surface area contributed by atoms with Crippen molar-refractivity contribution in [2.24, 2.45) is 5.73 Å². The third kappa shape index (κ3) is 2.00. The number of hydrogen-bond acceptors (Lipinski definition) is 3. The number of carbonyl (C=O) groups excluding carboxylic acids is 1. The fourth-order valence-electron chi connectivity index (χ4n) is 1.38. The maximum atomic E-state index is 10.8. The highest BCUT2D eigenvalue weighted by atomic mass is 16.3. The molecule has 0 unspecified atom stereocenters. The van der Waals surface area contributed by atoms with E-state index in [1.54, 1.807) is 30.3 Å². The summed E-state index contributed by atoms with van der Waals surface area (Å²) in [6, 6.07) is 10.0. The fraction of sp³-hybridized carbons (Fsp3) is 0. The molecule has 0 aliphatic carbocycles. The number of hydrogen-bond donors (Lipinski definition) is 2. The molecule has 80 valence electrons. The highest BCUT2D eigenvalue weighted by molar-refractivity contribution is 5.92. The van der Waals surface area contributed by atoms with Crippen molar-refractivity contribution in [2.45, 2.75) is 0 Å². The number of pyridine rings is 1. The highest BCUT2D eigenvalue weighted by Gasteiger charge is 2.03. The summed E-state index contributed by atoms with van der Waals surface area (Å²) >= 11 is 0. The van der Waals surface area contributed by atoms with Gasteiger partial charge in [0.25, 0.3) is 0 Å². The van der Waals surface area contributed by atoms with Gasteiger partial charge in [-0.25, -0.2) is 0 Å². The van der Waals surface area contributed by atoms with Crippen LogP contribution in [0.1, 0.15) is 10.4 Å². The van der Waals surface area contributed by atoms with E-state index < -0.39 is 5.91 Å². The molecule has 0 spiro atoms. The molecule has 0 saturated carbocycles. The van der Waals surface area contributed by atoms with Crippen molar-refractivity contribution in [1.29, 1.82) is 0 Å². The van der Waals surface area contributed by atoms with Gasteiger partial charge in [0, 0.05) is 11.8 Å². The number of amides is 1. The Morgan fingerprint density at radius 1 is 1.25 bits per heavy atom. The number of aromatic hydroxyl groups is 1. The summed E-state index contributed by atoms with van der Waals surface area (Å²) in [6.45, 7) is 0. The Bertz CT molecular complexity index is 521. The summed E-state index contributed by atoms with van der Waals surface area (Å²) in [7, 11) is 0. The molecule has 2 aromatic rings. The molecule has 0 aliphatic heterocycles. The van der Waals surface area contributed by atoms with E-state index in [4.69, 9.17) is 5.73 Å². The van der Waals surface area contributed by atoms with Crippen molar-refractivity contribution < 1.29 is 9.90 Å². The quantitative estimate of drug-likeness (QED) is 0.796. The van der Waals surface area contributed by atoms with Gasteiger partial charge in [-0.2, -0.15) is 0 Å². The topological polar surface area (TPSA) is 76.2 Å². The third-order valence-electron chi connectivity index (χ3n) is 2.19. The van der Waals surface area contributed by atoms with E-state index in [0.29, 0.717) is 11.3 Å². The normalized spacial score (nSPS) is 10.0. The van der Waals surface area contributed by atoms with Gasteiger partial charge in [-0.05, 0) is 24.3 Å². The molecule has 1 amide bonds. The molecule has 3 N–H and O–H groups in total. The first kappa shape index (κ1) is 10.2. The van der Waals surface area contributed by atoms with Crippen LogP contribution in [0.2, 0.25) is 0 Å². The van der Waals surface area contributed by atoms with Gasteiger partial charge < -0.3 is 10.8 Å². The molecule has 0 aliphatic rings. The van der Waals surface area contributed by atoms with Crippen LogP contribution >= 0.6 is 0 Å². The maximum Gasteiger partial charge on any atom is 0.250 e. The molecule has 16 heavy (non-hydrogen) atoms. The number of primary amides is 1. The molecule has 4 heteroatoms. The molecule has 0 bridgehead atoms. The van der Waals surface area contributed by atoms with Gasteiger partial charge in [-0.3, -0.25) is 9.78 Å². The molecule has 0 fully saturated rings. The summed E-state index contributed by atoms with van der Waals surface area (Å²) < 4.78 is 0. The molecule has 1 heterocycles. The Morgan fingerprint density at radius 3 is 2.62 bits per heavy atom. The van der Waals surface area contributed by atoms with Crippen molar-refractivity contribution in [3.8, 4) is 17.0 Å². The standard InChI is InChI=1S/C12H10N2O2/c13-12(16)9-4-5-11(14-7-9)8-2-1-3-10(15)6-8/h1-7,15H,(H2,13,16). The van der Waals surface area contributed by atoms with Gasteiger partial charge in [-0.1, -0.05) is 12.1 Å². The van der Waals surface area contributed by atoms with Gasteiger partial charge in [0.05, 0.1) is 11.3 Å². The van der Waals surface area contributed by atoms with Crippen LogP contribution in [0.25, 0.3) is 11.3 Å². The number of aromatic nitrogens is 1. The molecule has 4 nitrogen and oxygen atoms in total. The van der Waals surface area contributed by atoms with Crippen molar-refractivity contribution in [2.75, 3.05) is 0 Å². The molecule has 0 atom stereocenters. The second-order valence-electron chi connectivity index (χ2n) is 3.35. The molecular weight excluding hydrogens is 204 g/mol. The van der Waals surface area contributed by atoms with Gasteiger partial charge in [0.2, 0.25) is 5.91 Å². The monoisotopic (exact) mass is 214 g/mol. The van der Waals surface area contributed by atoms with Crippen LogP contribution in [0, 0.1) is 0 Å². The minimum Gasteiger partial charge on any atom is -0.508 e. The summed E-state index contributed by atoms with van der Waals surface area (Å²) in [5.41, 5.74) is 6.94. The predicted molar refractivity (Wildman–Crippen MR) is 59.9 cm³/mol. The largest absolute Gasteiger partial charge is 0.508 e. The van der Waals surface area contributed by atoms with Crippen LogP contribution < -0.4 is 5.73 Å². The Hall–Kier alpha value is -2.36. The molecule has 1 aromatic heterocycles. The number of carbonyl (C=O) groups is 1. The van der Waals surface area contributed by atoms with Crippen LogP contribution in [0.3, 0.4) is 0 Å². The number of phenols is 1. The van der Waals surface area contributed by atoms with Crippen LogP contribution in [0.15, 0.2) is 42.6 Å². The van der Waals surface area contributed by atoms with E-state index in [9.17, 15) is 9.90 Å². The summed E-state index contributed by atoms with van der Waals surface area (Å²) in [6.07, 6.45) is 1.42. The first-order chi connectivity index (χ1) is 7.66. The molecule has 0 radical (unpaired) electrons. The average molecular weight is 214 g/mol. The number of nitrogens with zero attached hydrogens (tertiary/aromatic N) is 1. The van der Waals surface area contributed by atoms with Crippen LogP contribution in [-0.2, 0) is 0 Å². The zero-order valence-electron chi connectivity index (χ0n) is 8.42. The Kier molecular flexibility index (Phi) is 2.55. The molecule has 2 rings (SSSR count). The predicted octanol–water partition coefficient (Wildman–Crippen LogP) is 1.55. The van der Waals surface area contributed by atoms with Gasteiger partial charge >= 0.3 is 0 Å². The van der Waals surface area contributed by atoms with Crippen molar-refractivity contribution in [3.05, 3.63) is 48.2 Å². The number of rotatable bonds is 2. The van der Waals surface area contributed by atoms with Crippen molar-refractivity contribution in [3.63, 3.8) is 0 Å². The summed E-state index contributed by atoms with van der Waals surface area (Å²) in [4.78, 5) is 14.9. The highest BCUT2D eigenvalue weighted by Crippen LogP contribution is 2.21. The minimum absolute atomic E-state index is 0.179. The summed E-state index contributed by atoms with van der Waals surface area (Å²) in [5.74, 6) is -0.326. The number of nitrogens with two attached hydrogens (primary N) is 1. The average Bonchev–Trinajstić information content (AvgIpc) is 2.29. The van der Waals surface area contributed by atoms with Crippen molar-refractivity contribution >= 4 is 5.91 Å². The zero-order chi connectivity index (χ0) is 11.5. The lowest BCUT2D eigenvalue weighted by molar-refractivity contribution is 0.1000. The number of phenolic OH excluding ortho intramolecular Hbond substituents is 1. The molecular formula is C12H10N2O2. The SMILES string of the molecule is NC(=O)c1ccc(-c2cccc(O)c2)nc1.